The van der Waals surface area contributed by atoms with Gasteiger partial charge in [-0.05, 0) is 6.07 Å². The average Bonchev–Trinajstić information content (AvgIpc) is 2.91. The Hall–Kier alpha value is -1.40. The Kier molecular flexibility index (Phi) is 3.79. The Bertz CT molecular complexity index is 408. The normalized spacial score (nSPS) is 21.4. The molecule has 1 amide bonds. The summed E-state index contributed by atoms with van der Waals surface area (Å²) in [5.41, 5.74) is 0. The van der Waals surface area contributed by atoms with Crippen molar-refractivity contribution in [3.8, 4) is 0 Å². The fraction of sp³-hybridized carbons (Fsp3) is 0.692. The number of carbonyl (C=O) groups is 1. The van der Waals surface area contributed by atoms with E-state index >= 15 is 0 Å². The molecule has 1 aromatic rings. The third-order valence-corrected chi connectivity index (χ3v) is 3.84. The molecular formula is C13H20N4O2. The summed E-state index contributed by atoms with van der Waals surface area (Å²) in [5, 5.41) is 4.24. The lowest BCUT2D eigenvalue weighted by Gasteiger charge is -2.39. The molecule has 1 aromatic heterocycles. The van der Waals surface area contributed by atoms with Gasteiger partial charge in [0.05, 0.1) is 19.3 Å². The first-order valence-corrected chi connectivity index (χ1v) is 6.90. The number of morpholine rings is 1. The molecule has 19 heavy (non-hydrogen) atoms. The first-order valence-electron chi connectivity index (χ1n) is 6.90. The van der Waals surface area contributed by atoms with Crippen LogP contribution in [0.3, 0.4) is 0 Å². The van der Waals surface area contributed by atoms with Gasteiger partial charge in [0.1, 0.15) is 0 Å². The zero-order valence-corrected chi connectivity index (χ0v) is 11.1. The Morgan fingerprint density at radius 1 is 1.32 bits per heavy atom. The van der Waals surface area contributed by atoms with Gasteiger partial charge in [-0.15, -0.1) is 0 Å². The number of ether oxygens (including phenoxy) is 1. The highest BCUT2D eigenvalue weighted by atomic mass is 16.5. The van der Waals surface area contributed by atoms with Crippen LogP contribution in [-0.4, -0.2) is 71.4 Å². The van der Waals surface area contributed by atoms with Gasteiger partial charge >= 0.3 is 0 Å². The molecule has 2 fully saturated rings. The maximum absolute atomic E-state index is 12.0. The van der Waals surface area contributed by atoms with Gasteiger partial charge in [-0.2, -0.15) is 5.10 Å². The molecule has 2 aliphatic heterocycles. The highest BCUT2D eigenvalue weighted by Gasteiger charge is 2.28. The van der Waals surface area contributed by atoms with Crippen molar-refractivity contribution >= 4 is 5.91 Å². The summed E-state index contributed by atoms with van der Waals surface area (Å²) >= 11 is 0. The number of hydrogen-bond donors (Lipinski definition) is 0. The summed E-state index contributed by atoms with van der Waals surface area (Å²) in [7, 11) is 0. The Morgan fingerprint density at radius 2 is 2.11 bits per heavy atom. The van der Waals surface area contributed by atoms with E-state index in [4.69, 9.17) is 4.74 Å². The molecule has 6 nitrogen and oxygen atoms in total. The van der Waals surface area contributed by atoms with E-state index in [1.165, 1.54) is 0 Å². The van der Waals surface area contributed by atoms with Crippen molar-refractivity contribution in [2.24, 2.45) is 0 Å². The summed E-state index contributed by atoms with van der Waals surface area (Å²) in [6, 6.07) is 2.43. The van der Waals surface area contributed by atoms with Crippen molar-refractivity contribution in [1.82, 2.24) is 19.6 Å². The molecule has 0 saturated carbocycles. The molecule has 3 rings (SSSR count). The second-order valence-corrected chi connectivity index (χ2v) is 5.14. The molecule has 2 saturated heterocycles. The summed E-state index contributed by atoms with van der Waals surface area (Å²) in [5.74, 6) is 0.255. The molecule has 0 N–H and O–H groups in total. The SMILES string of the molecule is O=C(CCN1CC(n2cccn2)C1)N1CCOCC1. The molecule has 6 heteroatoms. The van der Waals surface area contributed by atoms with Gasteiger partial charge in [0.25, 0.3) is 0 Å². The van der Waals surface area contributed by atoms with Gasteiger partial charge in [0, 0.05) is 51.5 Å². The van der Waals surface area contributed by atoms with Gasteiger partial charge in [0.15, 0.2) is 0 Å². The molecule has 0 aromatic carbocycles. The summed E-state index contributed by atoms with van der Waals surface area (Å²) in [4.78, 5) is 16.2. The monoisotopic (exact) mass is 264 g/mol. The average molecular weight is 264 g/mol. The highest BCUT2D eigenvalue weighted by molar-refractivity contribution is 5.76. The van der Waals surface area contributed by atoms with E-state index in [2.05, 4.69) is 10.00 Å². The predicted molar refractivity (Wildman–Crippen MR) is 69.7 cm³/mol. The van der Waals surface area contributed by atoms with Crippen LogP contribution < -0.4 is 0 Å². The summed E-state index contributed by atoms with van der Waals surface area (Å²) in [6.45, 7) is 5.70. The molecule has 0 radical (unpaired) electrons. The smallest absolute Gasteiger partial charge is 0.224 e. The molecule has 3 heterocycles. The van der Waals surface area contributed by atoms with Gasteiger partial charge in [-0.1, -0.05) is 0 Å². The topological polar surface area (TPSA) is 50.6 Å². The minimum absolute atomic E-state index is 0.255. The fourth-order valence-electron chi connectivity index (χ4n) is 2.61. The molecule has 0 bridgehead atoms. The second kappa shape index (κ2) is 5.71. The number of likely N-dealkylation sites (tertiary alicyclic amines) is 1. The number of rotatable bonds is 4. The van der Waals surface area contributed by atoms with Crippen LogP contribution in [0.25, 0.3) is 0 Å². The van der Waals surface area contributed by atoms with Crippen LogP contribution in [0.1, 0.15) is 12.5 Å². The van der Waals surface area contributed by atoms with Crippen molar-refractivity contribution in [3.05, 3.63) is 18.5 Å². The van der Waals surface area contributed by atoms with E-state index in [1.807, 2.05) is 28.0 Å². The van der Waals surface area contributed by atoms with Gasteiger partial charge < -0.3 is 9.64 Å². The first kappa shape index (κ1) is 12.6. The molecule has 104 valence electrons. The van der Waals surface area contributed by atoms with Crippen molar-refractivity contribution in [3.63, 3.8) is 0 Å². The lowest BCUT2D eigenvalue weighted by atomic mass is 10.1. The van der Waals surface area contributed by atoms with Crippen LogP contribution in [-0.2, 0) is 9.53 Å². The van der Waals surface area contributed by atoms with Gasteiger partial charge in [-0.25, -0.2) is 0 Å². The summed E-state index contributed by atoms with van der Waals surface area (Å²) < 4.78 is 7.25. The number of amides is 1. The first-order chi connectivity index (χ1) is 9.33. The molecule has 0 spiro atoms. The highest BCUT2D eigenvalue weighted by Crippen LogP contribution is 2.20. The minimum atomic E-state index is 0.255. The number of carbonyl (C=O) groups excluding carboxylic acids is 1. The molecule has 2 aliphatic rings. The van der Waals surface area contributed by atoms with E-state index in [0.29, 0.717) is 25.7 Å². The van der Waals surface area contributed by atoms with E-state index in [9.17, 15) is 4.79 Å². The van der Waals surface area contributed by atoms with Crippen molar-refractivity contribution < 1.29 is 9.53 Å². The second-order valence-electron chi connectivity index (χ2n) is 5.14. The van der Waals surface area contributed by atoms with E-state index in [-0.39, 0.29) is 5.91 Å². The maximum atomic E-state index is 12.0. The van der Waals surface area contributed by atoms with E-state index in [1.54, 1.807) is 0 Å². The van der Waals surface area contributed by atoms with Crippen LogP contribution in [0, 0.1) is 0 Å². The lowest BCUT2D eigenvalue weighted by molar-refractivity contribution is -0.135. The fourth-order valence-corrected chi connectivity index (χ4v) is 2.61. The van der Waals surface area contributed by atoms with Gasteiger partial charge in [-0.3, -0.25) is 14.4 Å². The third kappa shape index (κ3) is 2.96. The van der Waals surface area contributed by atoms with Crippen molar-refractivity contribution in [1.29, 1.82) is 0 Å². The molecule has 0 unspecified atom stereocenters. The van der Waals surface area contributed by atoms with Crippen LogP contribution in [0.15, 0.2) is 18.5 Å². The van der Waals surface area contributed by atoms with Crippen LogP contribution in [0.2, 0.25) is 0 Å². The van der Waals surface area contributed by atoms with Crippen molar-refractivity contribution in [2.45, 2.75) is 12.5 Å². The quantitative estimate of drug-likeness (QED) is 0.767. The largest absolute Gasteiger partial charge is 0.378 e. The molecule has 0 atom stereocenters. The van der Waals surface area contributed by atoms with Crippen molar-refractivity contribution in [2.75, 3.05) is 45.9 Å². The Labute approximate surface area is 112 Å². The number of hydrogen-bond acceptors (Lipinski definition) is 4. The Morgan fingerprint density at radius 3 is 2.79 bits per heavy atom. The standard InChI is InChI=1S/C13H20N4O2/c18-13(16-6-8-19-9-7-16)2-5-15-10-12(11-15)17-4-1-3-14-17/h1,3-4,12H,2,5-11H2. The zero-order valence-electron chi connectivity index (χ0n) is 11.1. The zero-order chi connectivity index (χ0) is 13.1. The minimum Gasteiger partial charge on any atom is -0.378 e. The number of nitrogens with zero attached hydrogens (tertiary/aromatic N) is 4. The Balaban J connectivity index is 1.36. The van der Waals surface area contributed by atoms with E-state index in [0.717, 1.165) is 32.7 Å². The summed E-state index contributed by atoms with van der Waals surface area (Å²) in [6.07, 6.45) is 4.43. The molecular weight excluding hydrogens is 244 g/mol. The van der Waals surface area contributed by atoms with Gasteiger partial charge in [0.2, 0.25) is 5.91 Å². The van der Waals surface area contributed by atoms with E-state index < -0.39 is 0 Å². The van der Waals surface area contributed by atoms with Crippen LogP contribution >= 0.6 is 0 Å². The number of aromatic nitrogens is 2. The predicted octanol–water partition coefficient (Wildman–Crippen LogP) is -0.0113. The third-order valence-electron chi connectivity index (χ3n) is 3.84. The van der Waals surface area contributed by atoms with Crippen LogP contribution in [0.5, 0.6) is 0 Å². The molecule has 0 aliphatic carbocycles. The maximum Gasteiger partial charge on any atom is 0.224 e. The lowest BCUT2D eigenvalue weighted by Crippen LogP contribution is -2.49. The van der Waals surface area contributed by atoms with Crippen LogP contribution in [0.4, 0.5) is 0 Å².